The predicted molar refractivity (Wildman–Crippen MR) is 158 cm³/mol. The van der Waals surface area contributed by atoms with Crippen LogP contribution in [0.2, 0.25) is 5.02 Å². The zero-order valence-corrected chi connectivity index (χ0v) is 23.7. The Labute approximate surface area is 240 Å². The lowest BCUT2D eigenvalue weighted by Gasteiger charge is -2.13. The Morgan fingerprint density at radius 2 is 1.73 bits per heavy atom. The average Bonchev–Trinajstić information content (AvgIpc) is 3.17. The lowest BCUT2D eigenvalue weighted by molar-refractivity contribution is -0.118. The summed E-state index contributed by atoms with van der Waals surface area (Å²) in [6, 6.07) is 19.1. The van der Waals surface area contributed by atoms with Crippen molar-refractivity contribution < 1.29 is 18.7 Å². The van der Waals surface area contributed by atoms with E-state index in [-0.39, 0.29) is 29.0 Å². The van der Waals surface area contributed by atoms with Crippen LogP contribution in [0.5, 0.6) is 17.2 Å². The molecule has 5 rings (SSSR count). The molecule has 0 radical (unpaired) electrons. The maximum absolute atomic E-state index is 13.3. The van der Waals surface area contributed by atoms with Gasteiger partial charge in [-0.3, -0.25) is 19.1 Å². The van der Waals surface area contributed by atoms with Gasteiger partial charge in [-0.05, 0) is 68.3 Å². The summed E-state index contributed by atoms with van der Waals surface area (Å²) in [6.45, 7) is 4.95. The number of carbonyl (C=O) groups excluding carboxylic acids is 1. The molecule has 10 heteroatoms. The van der Waals surface area contributed by atoms with Crippen molar-refractivity contribution >= 4 is 34.2 Å². The third-order valence-corrected chi connectivity index (χ3v) is 7.04. The first-order valence-corrected chi connectivity index (χ1v) is 13.4. The van der Waals surface area contributed by atoms with E-state index in [2.05, 4.69) is 5.32 Å². The van der Waals surface area contributed by atoms with Crippen LogP contribution >= 0.6 is 11.6 Å². The number of nitrogens with one attached hydrogen (secondary N) is 1. The number of aromatic nitrogens is 2. The van der Waals surface area contributed by atoms with Crippen molar-refractivity contribution in [2.24, 2.45) is 7.05 Å². The number of rotatable bonds is 8. The molecule has 0 atom stereocenters. The minimum absolute atomic E-state index is 0.0781. The zero-order chi connectivity index (χ0) is 29.3. The fourth-order valence-electron chi connectivity index (χ4n) is 4.54. The molecule has 2 aromatic heterocycles. The summed E-state index contributed by atoms with van der Waals surface area (Å²) in [5, 5.41) is 3.57. The Morgan fingerprint density at radius 3 is 2.41 bits per heavy atom. The minimum atomic E-state index is -0.498. The molecule has 5 aromatic rings. The second kappa shape index (κ2) is 11.4. The molecule has 9 nitrogen and oxygen atoms in total. The molecule has 0 aliphatic heterocycles. The van der Waals surface area contributed by atoms with Crippen LogP contribution in [0.1, 0.15) is 23.9 Å². The van der Waals surface area contributed by atoms with E-state index in [1.54, 1.807) is 62.0 Å². The van der Waals surface area contributed by atoms with Crippen molar-refractivity contribution in [1.29, 1.82) is 0 Å². The molecular formula is C31H28ClN3O6. The smallest absolute Gasteiger partial charge is 0.295 e. The van der Waals surface area contributed by atoms with Crippen LogP contribution < -0.4 is 25.8 Å². The summed E-state index contributed by atoms with van der Waals surface area (Å²) in [7, 11) is 1.75. The number of nitrogens with zero attached hydrogens (tertiary/aromatic N) is 2. The third-order valence-electron chi connectivity index (χ3n) is 6.79. The van der Waals surface area contributed by atoms with Gasteiger partial charge in [-0.25, -0.2) is 4.68 Å². The van der Waals surface area contributed by atoms with E-state index in [1.807, 2.05) is 37.3 Å². The highest BCUT2D eigenvalue weighted by Gasteiger charge is 2.20. The fourth-order valence-corrected chi connectivity index (χ4v) is 4.67. The molecule has 0 aliphatic rings. The van der Waals surface area contributed by atoms with E-state index in [0.29, 0.717) is 56.6 Å². The van der Waals surface area contributed by atoms with Crippen LogP contribution in [0.4, 0.5) is 5.69 Å². The Hall–Kier alpha value is -4.76. The molecule has 0 unspecified atom stereocenters. The molecular weight excluding hydrogens is 546 g/mol. The first kappa shape index (κ1) is 27.8. The summed E-state index contributed by atoms with van der Waals surface area (Å²) in [5.41, 5.74) is 1.79. The molecule has 1 amide bonds. The van der Waals surface area contributed by atoms with E-state index in [9.17, 15) is 14.4 Å². The largest absolute Gasteiger partial charge is 0.483 e. The molecule has 0 spiro atoms. The number of amides is 1. The highest BCUT2D eigenvalue weighted by atomic mass is 35.5. The van der Waals surface area contributed by atoms with Gasteiger partial charge in [-0.1, -0.05) is 36.7 Å². The van der Waals surface area contributed by atoms with Crippen molar-refractivity contribution in [3.63, 3.8) is 0 Å². The quantitative estimate of drug-likeness (QED) is 0.247. The molecule has 41 heavy (non-hydrogen) atoms. The molecule has 0 aliphatic carbocycles. The highest BCUT2D eigenvalue weighted by Crippen LogP contribution is 2.30. The van der Waals surface area contributed by atoms with E-state index in [1.165, 1.54) is 4.68 Å². The van der Waals surface area contributed by atoms with Crippen LogP contribution in [0.3, 0.4) is 0 Å². The first-order chi connectivity index (χ1) is 19.7. The van der Waals surface area contributed by atoms with Gasteiger partial charge in [0.25, 0.3) is 11.5 Å². The number of aryl methyl sites for hydroxylation is 2. The number of halogens is 1. The van der Waals surface area contributed by atoms with E-state index in [0.717, 1.165) is 0 Å². The SMILES string of the molecule is CCc1cc2c(=O)c(Oc3ccc(Cl)cc3)c(C)oc2cc1OCC(=O)Nc1c(C)n(C)n(-c2ccccc2)c1=O. The molecule has 0 fully saturated rings. The van der Waals surface area contributed by atoms with Gasteiger partial charge < -0.3 is 19.2 Å². The lowest BCUT2D eigenvalue weighted by Crippen LogP contribution is -2.26. The van der Waals surface area contributed by atoms with Crippen LogP contribution in [-0.2, 0) is 18.3 Å². The third kappa shape index (κ3) is 5.49. The molecule has 3 aromatic carbocycles. The van der Waals surface area contributed by atoms with E-state index < -0.39 is 5.91 Å². The van der Waals surface area contributed by atoms with Crippen LogP contribution in [0.15, 0.2) is 80.7 Å². The van der Waals surface area contributed by atoms with Crippen molar-refractivity contribution in [3.8, 4) is 22.9 Å². The molecule has 0 saturated carbocycles. The number of hydrogen-bond donors (Lipinski definition) is 1. The molecule has 1 N–H and O–H groups in total. The summed E-state index contributed by atoms with van der Waals surface area (Å²) in [6.07, 6.45) is 0.535. The molecule has 210 valence electrons. The van der Waals surface area contributed by atoms with Crippen LogP contribution in [0, 0.1) is 13.8 Å². The fraction of sp³-hybridized carbons (Fsp3) is 0.194. The van der Waals surface area contributed by atoms with Crippen LogP contribution in [0.25, 0.3) is 16.7 Å². The highest BCUT2D eigenvalue weighted by molar-refractivity contribution is 6.30. The number of carbonyl (C=O) groups is 1. The minimum Gasteiger partial charge on any atom is -0.483 e. The van der Waals surface area contributed by atoms with Gasteiger partial charge in [0.15, 0.2) is 6.61 Å². The normalized spacial score (nSPS) is 11.0. The standard InChI is InChI=1S/C31H28ClN3O6/c1-5-20-15-24-26(40-19(3)30(29(24)37)41-23-13-11-21(32)12-14-23)16-25(20)39-17-27(36)33-28-18(2)34(4)35(31(28)38)22-9-7-6-8-10-22/h6-16H,5,17H2,1-4H3,(H,33,36). The zero-order valence-electron chi connectivity index (χ0n) is 23.0. The van der Waals surface area contributed by atoms with Crippen molar-refractivity contribution in [1.82, 2.24) is 9.36 Å². The summed E-state index contributed by atoms with van der Waals surface area (Å²) >= 11 is 5.94. The topological polar surface area (TPSA) is 105 Å². The number of ether oxygens (including phenoxy) is 2. The lowest BCUT2D eigenvalue weighted by atomic mass is 10.1. The Bertz CT molecular complexity index is 1870. The van der Waals surface area contributed by atoms with Gasteiger partial charge in [0, 0.05) is 18.1 Å². The molecule has 0 saturated heterocycles. The van der Waals surface area contributed by atoms with Gasteiger partial charge in [0.2, 0.25) is 11.2 Å². The number of anilines is 1. The summed E-state index contributed by atoms with van der Waals surface area (Å²) in [5.74, 6) is 0.724. The van der Waals surface area contributed by atoms with Gasteiger partial charge >= 0.3 is 0 Å². The summed E-state index contributed by atoms with van der Waals surface area (Å²) in [4.78, 5) is 39.3. The Balaban J connectivity index is 1.37. The van der Waals surface area contributed by atoms with E-state index >= 15 is 0 Å². The monoisotopic (exact) mass is 573 g/mol. The maximum Gasteiger partial charge on any atom is 0.295 e. The Kier molecular flexibility index (Phi) is 7.72. The Morgan fingerprint density at radius 1 is 1.02 bits per heavy atom. The second-order valence-corrected chi connectivity index (χ2v) is 9.89. The molecule has 0 bridgehead atoms. The summed E-state index contributed by atoms with van der Waals surface area (Å²) < 4.78 is 20.8. The van der Waals surface area contributed by atoms with Gasteiger partial charge in [0.1, 0.15) is 28.5 Å². The van der Waals surface area contributed by atoms with Gasteiger partial charge in [-0.2, -0.15) is 0 Å². The van der Waals surface area contributed by atoms with Crippen molar-refractivity contribution in [2.45, 2.75) is 27.2 Å². The van der Waals surface area contributed by atoms with Crippen molar-refractivity contribution in [3.05, 3.63) is 109 Å². The van der Waals surface area contributed by atoms with Crippen molar-refractivity contribution in [2.75, 3.05) is 11.9 Å². The van der Waals surface area contributed by atoms with Crippen LogP contribution in [-0.4, -0.2) is 21.9 Å². The average molecular weight is 574 g/mol. The number of para-hydroxylation sites is 1. The molecule has 2 heterocycles. The number of hydrogen-bond acceptors (Lipinski definition) is 6. The van der Waals surface area contributed by atoms with Gasteiger partial charge in [-0.15, -0.1) is 0 Å². The second-order valence-electron chi connectivity index (χ2n) is 9.46. The predicted octanol–water partition coefficient (Wildman–Crippen LogP) is 5.92. The first-order valence-electron chi connectivity index (χ1n) is 13.0. The van der Waals surface area contributed by atoms with Gasteiger partial charge in [0.05, 0.1) is 16.8 Å². The van der Waals surface area contributed by atoms with E-state index in [4.69, 9.17) is 25.5 Å². The number of benzene rings is 3. The number of fused-ring (bicyclic) bond motifs is 1. The maximum atomic E-state index is 13.3.